The lowest BCUT2D eigenvalue weighted by Gasteiger charge is -2.34. The molecule has 0 aliphatic heterocycles. The van der Waals surface area contributed by atoms with Gasteiger partial charge in [0.15, 0.2) is 11.5 Å². The molecule has 10 heteroatoms. The second-order valence-electron chi connectivity index (χ2n) is 10.5. The Hall–Kier alpha value is -4.05. The number of methoxy groups -OCH3 is 2. The van der Waals surface area contributed by atoms with Gasteiger partial charge in [-0.05, 0) is 57.0 Å². The molecule has 3 aromatic rings. The van der Waals surface area contributed by atoms with E-state index < -0.39 is 34.1 Å². The molecule has 0 radical (unpaired) electrons. The first-order valence-electron chi connectivity index (χ1n) is 13.4. The monoisotopic (exact) mass is 581 g/mol. The van der Waals surface area contributed by atoms with Gasteiger partial charge in [0.1, 0.15) is 12.6 Å². The molecule has 0 heterocycles. The van der Waals surface area contributed by atoms with E-state index in [1.165, 1.54) is 37.3 Å². The van der Waals surface area contributed by atoms with Crippen LogP contribution in [0, 0.1) is 0 Å². The van der Waals surface area contributed by atoms with E-state index >= 15 is 0 Å². The number of ether oxygens (including phenoxy) is 2. The third kappa shape index (κ3) is 8.00. The lowest BCUT2D eigenvalue weighted by Crippen LogP contribution is -2.55. The van der Waals surface area contributed by atoms with Gasteiger partial charge in [-0.25, -0.2) is 8.42 Å². The van der Waals surface area contributed by atoms with E-state index in [2.05, 4.69) is 5.32 Å². The van der Waals surface area contributed by atoms with Crippen LogP contribution in [0.1, 0.15) is 39.7 Å². The van der Waals surface area contributed by atoms with Crippen LogP contribution in [0.15, 0.2) is 83.8 Å². The topological polar surface area (TPSA) is 105 Å². The van der Waals surface area contributed by atoms with Gasteiger partial charge in [0.05, 0.1) is 24.8 Å². The average molecular weight is 582 g/mol. The SMILES string of the molecule is CC[C@@H](C(=O)NC(C)(C)C)N(Cc1ccccc1)C(=O)CN(c1ccc(OC)c(OC)c1)S(=O)(=O)c1ccccc1. The van der Waals surface area contributed by atoms with E-state index in [0.717, 1.165) is 9.87 Å². The molecule has 220 valence electrons. The molecule has 0 aliphatic rings. The molecule has 3 rings (SSSR count). The van der Waals surface area contributed by atoms with Crippen LogP contribution in [0.3, 0.4) is 0 Å². The molecule has 41 heavy (non-hydrogen) atoms. The molecule has 0 saturated heterocycles. The molecule has 0 aromatic heterocycles. The Kier molecular flexibility index (Phi) is 10.4. The van der Waals surface area contributed by atoms with Gasteiger partial charge in [0, 0.05) is 18.2 Å². The van der Waals surface area contributed by atoms with Crippen molar-refractivity contribution in [3.05, 3.63) is 84.4 Å². The van der Waals surface area contributed by atoms with Crippen molar-refractivity contribution in [3.63, 3.8) is 0 Å². The Morgan fingerprint density at radius 1 is 0.878 bits per heavy atom. The van der Waals surface area contributed by atoms with E-state index in [1.54, 1.807) is 30.3 Å². The summed E-state index contributed by atoms with van der Waals surface area (Å²) >= 11 is 0. The van der Waals surface area contributed by atoms with Crippen LogP contribution in [0.5, 0.6) is 11.5 Å². The summed E-state index contributed by atoms with van der Waals surface area (Å²) < 4.78 is 39.7. The van der Waals surface area contributed by atoms with E-state index in [0.29, 0.717) is 17.9 Å². The lowest BCUT2D eigenvalue weighted by molar-refractivity contribution is -0.141. The minimum atomic E-state index is -4.19. The summed E-state index contributed by atoms with van der Waals surface area (Å²) in [4.78, 5) is 29.0. The summed E-state index contributed by atoms with van der Waals surface area (Å²) in [5.74, 6) is -0.120. The molecular formula is C31H39N3O6S. The van der Waals surface area contributed by atoms with Crippen LogP contribution in [-0.4, -0.2) is 57.5 Å². The van der Waals surface area contributed by atoms with E-state index in [-0.39, 0.29) is 23.0 Å². The normalized spacial score (nSPS) is 12.2. The fraction of sp³-hybridized carbons (Fsp3) is 0.355. The molecule has 0 spiro atoms. The first-order chi connectivity index (χ1) is 19.4. The summed E-state index contributed by atoms with van der Waals surface area (Å²) in [6, 6.07) is 21.0. The lowest BCUT2D eigenvalue weighted by atomic mass is 10.1. The highest BCUT2D eigenvalue weighted by molar-refractivity contribution is 7.92. The summed E-state index contributed by atoms with van der Waals surface area (Å²) in [5.41, 5.74) is 0.507. The summed E-state index contributed by atoms with van der Waals surface area (Å²) in [7, 11) is -1.26. The molecule has 3 aromatic carbocycles. The van der Waals surface area contributed by atoms with Crippen LogP contribution >= 0.6 is 0 Å². The Balaban J connectivity index is 2.10. The highest BCUT2D eigenvalue weighted by Gasteiger charge is 2.34. The van der Waals surface area contributed by atoms with E-state index in [1.807, 2.05) is 58.0 Å². The number of amides is 2. The zero-order valence-corrected chi connectivity index (χ0v) is 25.3. The molecule has 0 bridgehead atoms. The van der Waals surface area contributed by atoms with E-state index in [9.17, 15) is 18.0 Å². The van der Waals surface area contributed by atoms with Gasteiger partial charge in [-0.1, -0.05) is 55.5 Å². The van der Waals surface area contributed by atoms with Crippen molar-refractivity contribution in [2.75, 3.05) is 25.1 Å². The Morgan fingerprint density at radius 2 is 1.46 bits per heavy atom. The number of benzene rings is 3. The Labute approximate surface area is 243 Å². The molecule has 1 N–H and O–H groups in total. The van der Waals surface area contributed by atoms with Crippen molar-refractivity contribution < 1.29 is 27.5 Å². The fourth-order valence-electron chi connectivity index (χ4n) is 4.38. The third-order valence-electron chi connectivity index (χ3n) is 6.35. The van der Waals surface area contributed by atoms with Crippen molar-refractivity contribution in [2.24, 2.45) is 0 Å². The maximum atomic E-state index is 14.1. The molecule has 0 aliphatic carbocycles. The van der Waals surface area contributed by atoms with E-state index in [4.69, 9.17) is 9.47 Å². The highest BCUT2D eigenvalue weighted by atomic mass is 32.2. The molecule has 0 saturated carbocycles. The Morgan fingerprint density at radius 3 is 2.00 bits per heavy atom. The largest absolute Gasteiger partial charge is 0.493 e. The van der Waals surface area contributed by atoms with Gasteiger partial charge < -0.3 is 19.7 Å². The van der Waals surface area contributed by atoms with Crippen LogP contribution in [0.4, 0.5) is 5.69 Å². The number of hydrogen-bond acceptors (Lipinski definition) is 6. The van der Waals surface area contributed by atoms with Gasteiger partial charge in [-0.3, -0.25) is 13.9 Å². The number of nitrogens with one attached hydrogen (secondary N) is 1. The maximum Gasteiger partial charge on any atom is 0.264 e. The predicted molar refractivity (Wildman–Crippen MR) is 159 cm³/mol. The number of carbonyl (C=O) groups is 2. The standard InChI is InChI=1S/C31H39N3O6S/c1-7-26(30(36)32-31(2,3)4)33(21-23-14-10-8-11-15-23)29(35)22-34(41(37,38)25-16-12-9-13-17-25)24-18-19-27(39-5)28(20-24)40-6/h8-20,26H,7,21-22H2,1-6H3,(H,32,36)/t26-/m0/s1. The quantitative estimate of drug-likeness (QED) is 0.335. The summed E-state index contributed by atoms with van der Waals surface area (Å²) in [6.07, 6.45) is 0.336. The smallest absolute Gasteiger partial charge is 0.264 e. The number of sulfonamides is 1. The second kappa shape index (κ2) is 13.5. The van der Waals surface area contributed by atoms with Gasteiger partial charge >= 0.3 is 0 Å². The number of carbonyl (C=O) groups excluding carboxylic acids is 2. The van der Waals surface area contributed by atoms with Gasteiger partial charge in [0.2, 0.25) is 11.8 Å². The minimum absolute atomic E-state index is 0.0229. The average Bonchev–Trinajstić information content (AvgIpc) is 2.95. The first kappa shape index (κ1) is 31.5. The molecular weight excluding hydrogens is 542 g/mol. The highest BCUT2D eigenvalue weighted by Crippen LogP contribution is 2.34. The molecule has 9 nitrogen and oxygen atoms in total. The van der Waals surface area contributed by atoms with Crippen molar-refractivity contribution >= 4 is 27.5 Å². The molecule has 1 atom stereocenters. The zero-order chi connectivity index (χ0) is 30.2. The second-order valence-corrected chi connectivity index (χ2v) is 12.4. The summed E-state index contributed by atoms with van der Waals surface area (Å²) in [6.45, 7) is 7.01. The number of hydrogen-bond donors (Lipinski definition) is 1. The molecule has 0 fully saturated rings. The number of anilines is 1. The Bertz CT molecular complexity index is 1420. The zero-order valence-electron chi connectivity index (χ0n) is 24.5. The van der Waals surface area contributed by atoms with Crippen molar-refractivity contribution in [1.82, 2.24) is 10.2 Å². The minimum Gasteiger partial charge on any atom is -0.493 e. The van der Waals surface area contributed by atoms with Gasteiger partial charge in [-0.2, -0.15) is 0 Å². The van der Waals surface area contributed by atoms with Crippen molar-refractivity contribution in [2.45, 2.75) is 57.1 Å². The van der Waals surface area contributed by atoms with Crippen LogP contribution < -0.4 is 19.1 Å². The van der Waals surface area contributed by atoms with Crippen LogP contribution in [0.2, 0.25) is 0 Å². The number of rotatable bonds is 12. The third-order valence-corrected chi connectivity index (χ3v) is 8.13. The fourth-order valence-corrected chi connectivity index (χ4v) is 5.81. The van der Waals surface area contributed by atoms with Gasteiger partial charge in [-0.15, -0.1) is 0 Å². The van der Waals surface area contributed by atoms with Crippen LogP contribution in [-0.2, 0) is 26.2 Å². The first-order valence-corrected chi connectivity index (χ1v) is 14.8. The van der Waals surface area contributed by atoms with Crippen molar-refractivity contribution in [3.8, 4) is 11.5 Å². The van der Waals surface area contributed by atoms with Crippen molar-refractivity contribution in [1.29, 1.82) is 0 Å². The van der Waals surface area contributed by atoms with Crippen LogP contribution in [0.25, 0.3) is 0 Å². The van der Waals surface area contributed by atoms with Gasteiger partial charge in [0.25, 0.3) is 10.0 Å². The summed E-state index contributed by atoms with van der Waals surface area (Å²) in [5, 5.41) is 2.97. The predicted octanol–water partition coefficient (Wildman–Crippen LogP) is 4.62. The molecule has 2 amide bonds. The number of nitrogens with zero attached hydrogens (tertiary/aromatic N) is 2. The maximum absolute atomic E-state index is 14.1. The molecule has 0 unspecified atom stereocenters.